The largest absolute Gasteiger partial charge is 0.337 e. The van der Waals surface area contributed by atoms with E-state index >= 15 is 0 Å². The van der Waals surface area contributed by atoms with Crippen LogP contribution in [0.2, 0.25) is 0 Å². The number of carbonyl (C=O) groups is 1. The zero-order valence-electron chi connectivity index (χ0n) is 10.5. The van der Waals surface area contributed by atoms with Crippen LogP contribution in [0.3, 0.4) is 0 Å². The van der Waals surface area contributed by atoms with E-state index in [1.165, 1.54) is 12.8 Å². The number of rotatable bonds is 1. The second-order valence-corrected chi connectivity index (χ2v) is 7.16. The van der Waals surface area contributed by atoms with E-state index < -0.39 is 0 Å². The molecule has 2 heterocycles. The molecule has 1 N–H and O–H groups in total. The van der Waals surface area contributed by atoms with E-state index in [-0.39, 0.29) is 5.91 Å². The van der Waals surface area contributed by atoms with Crippen molar-refractivity contribution in [1.29, 1.82) is 0 Å². The third-order valence-corrected chi connectivity index (χ3v) is 4.91. The lowest BCUT2D eigenvalue weighted by molar-refractivity contribution is 0.0785. The molecular formula is C14H16Br2N2O. The fourth-order valence-electron chi connectivity index (χ4n) is 3.07. The van der Waals surface area contributed by atoms with Crippen LogP contribution in [0.25, 0.3) is 0 Å². The van der Waals surface area contributed by atoms with Crippen LogP contribution in [0.15, 0.2) is 27.1 Å². The summed E-state index contributed by atoms with van der Waals surface area (Å²) in [4.78, 5) is 14.5. The molecule has 1 aromatic carbocycles. The van der Waals surface area contributed by atoms with Crippen molar-refractivity contribution >= 4 is 37.8 Å². The highest BCUT2D eigenvalue weighted by atomic mass is 79.9. The van der Waals surface area contributed by atoms with Crippen LogP contribution in [0, 0.1) is 5.92 Å². The Bertz CT molecular complexity index is 472. The molecule has 2 atom stereocenters. The molecule has 2 aliphatic heterocycles. The lowest BCUT2D eigenvalue weighted by atomic mass is 9.94. The number of nitrogens with one attached hydrogen (secondary N) is 1. The number of carbonyl (C=O) groups excluding carboxylic acids is 1. The number of amides is 1. The third kappa shape index (κ3) is 2.88. The maximum absolute atomic E-state index is 12.6. The van der Waals surface area contributed by atoms with Gasteiger partial charge >= 0.3 is 0 Å². The zero-order valence-corrected chi connectivity index (χ0v) is 13.7. The van der Waals surface area contributed by atoms with Gasteiger partial charge in [0.05, 0.1) is 0 Å². The van der Waals surface area contributed by atoms with Crippen LogP contribution >= 0.6 is 31.9 Å². The van der Waals surface area contributed by atoms with Crippen LogP contribution in [-0.4, -0.2) is 36.5 Å². The van der Waals surface area contributed by atoms with Crippen molar-refractivity contribution in [2.45, 2.75) is 18.9 Å². The molecule has 2 fully saturated rings. The first-order valence-corrected chi connectivity index (χ1v) is 8.21. The van der Waals surface area contributed by atoms with Gasteiger partial charge in [-0.15, -0.1) is 0 Å². The molecule has 1 aromatic rings. The van der Waals surface area contributed by atoms with E-state index in [4.69, 9.17) is 0 Å². The van der Waals surface area contributed by atoms with Crippen molar-refractivity contribution in [3.63, 3.8) is 0 Å². The molecule has 0 spiro atoms. The maximum atomic E-state index is 12.6. The monoisotopic (exact) mass is 386 g/mol. The Morgan fingerprint density at radius 3 is 2.63 bits per heavy atom. The molecule has 3 rings (SSSR count). The molecular weight excluding hydrogens is 372 g/mol. The van der Waals surface area contributed by atoms with Crippen LogP contribution in [0.5, 0.6) is 0 Å². The zero-order chi connectivity index (χ0) is 13.4. The molecule has 0 bridgehead atoms. The van der Waals surface area contributed by atoms with Gasteiger partial charge in [0.15, 0.2) is 0 Å². The average molecular weight is 388 g/mol. The topological polar surface area (TPSA) is 32.3 Å². The van der Waals surface area contributed by atoms with E-state index in [1.807, 2.05) is 23.1 Å². The van der Waals surface area contributed by atoms with Crippen molar-refractivity contribution < 1.29 is 4.79 Å². The minimum absolute atomic E-state index is 0.137. The van der Waals surface area contributed by atoms with Crippen LogP contribution in [-0.2, 0) is 0 Å². The van der Waals surface area contributed by atoms with Crippen LogP contribution in [0.1, 0.15) is 23.2 Å². The predicted octanol–water partition coefficient (Wildman–Crippen LogP) is 3.04. The summed E-state index contributed by atoms with van der Waals surface area (Å²) in [6.45, 7) is 2.82. The quantitative estimate of drug-likeness (QED) is 0.803. The average Bonchev–Trinajstić information content (AvgIpc) is 2.80. The molecule has 0 saturated carbocycles. The smallest absolute Gasteiger partial charge is 0.253 e. The molecule has 0 aliphatic carbocycles. The Labute approximate surface area is 130 Å². The number of likely N-dealkylation sites (tertiary alicyclic amines) is 1. The predicted molar refractivity (Wildman–Crippen MR) is 82.3 cm³/mol. The van der Waals surface area contributed by atoms with Crippen molar-refractivity contribution in [3.05, 3.63) is 32.7 Å². The lowest BCUT2D eigenvalue weighted by Crippen LogP contribution is -2.41. The van der Waals surface area contributed by atoms with Gasteiger partial charge in [-0.05, 0) is 43.5 Å². The summed E-state index contributed by atoms with van der Waals surface area (Å²) in [6, 6.07) is 6.22. The summed E-state index contributed by atoms with van der Waals surface area (Å²) in [5.41, 5.74) is 0.750. The molecule has 19 heavy (non-hydrogen) atoms. The summed E-state index contributed by atoms with van der Waals surface area (Å²) in [5, 5.41) is 3.53. The Balaban J connectivity index is 1.77. The molecule has 3 nitrogen and oxygen atoms in total. The standard InChI is InChI=1S/C14H16Br2N2O/c15-11-4-10(5-12(16)6-11)14(19)18-7-9-2-1-3-17-13(9)8-18/h4-6,9,13,17H,1-3,7-8H2. The number of benzene rings is 1. The minimum Gasteiger partial charge on any atom is -0.337 e. The fourth-order valence-corrected chi connectivity index (χ4v) is 4.37. The molecule has 2 unspecified atom stereocenters. The van der Waals surface area contributed by atoms with Gasteiger partial charge in [0.2, 0.25) is 0 Å². The van der Waals surface area contributed by atoms with Crippen molar-refractivity contribution in [2.75, 3.05) is 19.6 Å². The highest BCUT2D eigenvalue weighted by Gasteiger charge is 2.36. The van der Waals surface area contributed by atoms with Gasteiger partial charge in [-0.2, -0.15) is 0 Å². The molecule has 0 radical (unpaired) electrons. The lowest BCUT2D eigenvalue weighted by Gasteiger charge is -2.24. The Hall–Kier alpha value is -0.390. The summed E-state index contributed by atoms with van der Waals surface area (Å²) in [6.07, 6.45) is 2.47. The van der Waals surface area contributed by atoms with Gasteiger partial charge in [-0.1, -0.05) is 31.9 Å². The molecule has 5 heteroatoms. The molecule has 2 saturated heterocycles. The second-order valence-electron chi connectivity index (χ2n) is 5.33. The van der Waals surface area contributed by atoms with Gasteiger partial charge in [-0.25, -0.2) is 0 Å². The van der Waals surface area contributed by atoms with E-state index in [9.17, 15) is 4.79 Å². The van der Waals surface area contributed by atoms with E-state index in [0.717, 1.165) is 34.1 Å². The summed E-state index contributed by atoms with van der Waals surface area (Å²) in [7, 11) is 0. The summed E-state index contributed by atoms with van der Waals surface area (Å²) in [5.74, 6) is 0.770. The van der Waals surface area contributed by atoms with Crippen LogP contribution < -0.4 is 5.32 Å². The summed E-state index contributed by atoms with van der Waals surface area (Å²) < 4.78 is 1.86. The number of hydrogen-bond acceptors (Lipinski definition) is 2. The molecule has 0 aromatic heterocycles. The van der Waals surface area contributed by atoms with Crippen molar-refractivity contribution in [3.8, 4) is 0 Å². The van der Waals surface area contributed by atoms with Gasteiger partial charge in [-0.3, -0.25) is 4.79 Å². The molecule has 1 amide bonds. The number of hydrogen-bond donors (Lipinski definition) is 1. The van der Waals surface area contributed by atoms with E-state index in [2.05, 4.69) is 37.2 Å². The highest BCUT2D eigenvalue weighted by Crippen LogP contribution is 2.27. The molecule has 102 valence electrons. The number of piperidine rings is 1. The number of fused-ring (bicyclic) bond motifs is 1. The first-order chi connectivity index (χ1) is 9.13. The minimum atomic E-state index is 0.137. The third-order valence-electron chi connectivity index (χ3n) is 4.00. The number of halogens is 2. The highest BCUT2D eigenvalue weighted by molar-refractivity contribution is 9.11. The van der Waals surface area contributed by atoms with Gasteiger partial charge < -0.3 is 10.2 Å². The normalized spacial score (nSPS) is 26.3. The first kappa shape index (κ1) is 13.6. The van der Waals surface area contributed by atoms with Gasteiger partial charge in [0.1, 0.15) is 0 Å². The molecule has 2 aliphatic rings. The Morgan fingerprint density at radius 1 is 1.21 bits per heavy atom. The van der Waals surface area contributed by atoms with Crippen LogP contribution in [0.4, 0.5) is 0 Å². The fraction of sp³-hybridized carbons (Fsp3) is 0.500. The SMILES string of the molecule is O=C(c1cc(Br)cc(Br)c1)N1CC2CCCNC2C1. The Morgan fingerprint density at radius 2 is 1.95 bits per heavy atom. The van der Waals surface area contributed by atoms with Crippen molar-refractivity contribution in [2.24, 2.45) is 5.92 Å². The Kier molecular flexibility index (Phi) is 3.96. The van der Waals surface area contributed by atoms with E-state index in [0.29, 0.717) is 12.0 Å². The second kappa shape index (κ2) is 5.54. The van der Waals surface area contributed by atoms with Gasteiger partial charge in [0.25, 0.3) is 5.91 Å². The van der Waals surface area contributed by atoms with Crippen molar-refractivity contribution in [1.82, 2.24) is 10.2 Å². The maximum Gasteiger partial charge on any atom is 0.253 e. The van der Waals surface area contributed by atoms with Gasteiger partial charge in [0, 0.05) is 33.6 Å². The number of nitrogens with zero attached hydrogens (tertiary/aromatic N) is 1. The first-order valence-electron chi connectivity index (χ1n) is 6.62. The van der Waals surface area contributed by atoms with E-state index in [1.54, 1.807) is 0 Å². The summed E-state index contributed by atoms with van der Waals surface area (Å²) >= 11 is 6.88.